The van der Waals surface area contributed by atoms with E-state index < -0.39 is 35.6 Å². The molecule has 0 saturated heterocycles. The average molecular weight is 443 g/mol. The van der Waals surface area contributed by atoms with Crippen LogP contribution in [0.5, 0.6) is 0 Å². The highest BCUT2D eigenvalue weighted by Crippen LogP contribution is 2.21. The van der Waals surface area contributed by atoms with E-state index >= 15 is 0 Å². The van der Waals surface area contributed by atoms with Crippen LogP contribution >= 0.6 is 0 Å². The molecular formula is C24H29NO7. The number of hydrogen-bond acceptors (Lipinski definition) is 7. The molecule has 0 bridgehead atoms. The molecule has 32 heavy (non-hydrogen) atoms. The van der Waals surface area contributed by atoms with E-state index in [2.05, 4.69) is 11.9 Å². The van der Waals surface area contributed by atoms with Crippen LogP contribution in [0, 0.1) is 5.92 Å². The van der Waals surface area contributed by atoms with E-state index in [1.165, 1.54) is 13.2 Å². The van der Waals surface area contributed by atoms with Gasteiger partial charge in [0.25, 0.3) is 0 Å². The zero-order chi connectivity index (χ0) is 23.7. The summed E-state index contributed by atoms with van der Waals surface area (Å²) in [5, 5.41) is 4.40. The van der Waals surface area contributed by atoms with E-state index in [0.717, 1.165) is 16.3 Å². The summed E-state index contributed by atoms with van der Waals surface area (Å²) in [7, 11) is 1.21. The number of ether oxygens (including phenoxy) is 2. The highest BCUT2D eigenvalue weighted by Gasteiger charge is 2.39. The number of amides is 1. The highest BCUT2D eigenvalue weighted by molar-refractivity contribution is 5.88. The number of rotatable bonds is 9. The third kappa shape index (κ3) is 7.39. The fourth-order valence-electron chi connectivity index (χ4n) is 2.95. The number of methoxy groups -OCH3 is 1. The van der Waals surface area contributed by atoms with E-state index in [9.17, 15) is 14.4 Å². The van der Waals surface area contributed by atoms with Crippen molar-refractivity contribution in [3.8, 4) is 0 Å². The molecule has 2 aromatic rings. The van der Waals surface area contributed by atoms with E-state index in [0.29, 0.717) is 0 Å². The van der Waals surface area contributed by atoms with Gasteiger partial charge in [0.05, 0.1) is 13.0 Å². The van der Waals surface area contributed by atoms with Gasteiger partial charge in [0, 0.05) is 0 Å². The van der Waals surface area contributed by atoms with E-state index in [4.69, 9.17) is 19.2 Å². The second kappa shape index (κ2) is 11.3. The lowest BCUT2D eigenvalue weighted by molar-refractivity contribution is -0.322. The molecule has 0 fully saturated rings. The normalized spacial score (nSPS) is 13.0. The molecule has 0 aliphatic carbocycles. The number of benzene rings is 2. The van der Waals surface area contributed by atoms with E-state index in [1.807, 2.05) is 42.5 Å². The first-order valence-electron chi connectivity index (χ1n) is 10.1. The second-order valence-corrected chi connectivity index (χ2v) is 8.12. The number of carbonyl (C=O) groups is 3. The molecule has 1 amide bonds. The summed E-state index contributed by atoms with van der Waals surface area (Å²) in [5.74, 6) is -2.74. The summed E-state index contributed by atoms with van der Waals surface area (Å²) < 4.78 is 9.84. The predicted octanol–water partition coefficient (Wildman–Crippen LogP) is 3.73. The van der Waals surface area contributed by atoms with Crippen molar-refractivity contribution in [3.63, 3.8) is 0 Å². The van der Waals surface area contributed by atoms with Crippen LogP contribution in [0.15, 0.2) is 55.1 Å². The van der Waals surface area contributed by atoms with Crippen molar-refractivity contribution in [2.24, 2.45) is 5.92 Å². The van der Waals surface area contributed by atoms with Gasteiger partial charge >= 0.3 is 18.0 Å². The molecule has 0 unspecified atom stereocenters. The van der Waals surface area contributed by atoms with Gasteiger partial charge in [-0.25, -0.2) is 9.59 Å². The summed E-state index contributed by atoms with van der Waals surface area (Å²) in [6, 6.07) is 12.0. The van der Waals surface area contributed by atoms with Crippen LogP contribution in [0.3, 0.4) is 0 Å². The molecule has 2 aromatic carbocycles. The SMILES string of the molecule is C=CCOC(=O)N[C@H](C(=O)OOC(C)(C)C)[C@@H](Cc1ccc2ccccc2c1)C(=O)OC. The van der Waals surface area contributed by atoms with Crippen LogP contribution in [-0.2, 0) is 35.3 Å². The molecule has 2 rings (SSSR count). The minimum atomic E-state index is -1.41. The molecule has 0 radical (unpaired) electrons. The standard InChI is InChI=1S/C24H29NO7/c1-6-13-30-23(28)25-20(22(27)31-32-24(2,3)4)19(21(26)29-5)15-16-11-12-17-9-7-8-10-18(17)14-16/h6-12,14,19-20H,1,13,15H2,2-5H3,(H,25,28)/t19-,20+/m1/s1. The first kappa shape index (κ1) is 24.9. The molecule has 2 atom stereocenters. The monoisotopic (exact) mass is 443 g/mol. The third-order valence-corrected chi connectivity index (χ3v) is 4.41. The molecule has 0 aliphatic heterocycles. The van der Waals surface area contributed by atoms with Crippen LogP contribution in [0.1, 0.15) is 26.3 Å². The Morgan fingerprint density at radius 1 is 1.06 bits per heavy atom. The summed E-state index contributed by atoms with van der Waals surface area (Å²) in [4.78, 5) is 47.7. The van der Waals surface area contributed by atoms with Gasteiger partial charge in [-0.2, -0.15) is 4.89 Å². The van der Waals surface area contributed by atoms with Gasteiger partial charge in [0.15, 0.2) is 0 Å². The molecule has 0 aromatic heterocycles. The Bertz CT molecular complexity index is 964. The Morgan fingerprint density at radius 3 is 2.38 bits per heavy atom. The average Bonchev–Trinajstić information content (AvgIpc) is 2.77. The predicted molar refractivity (Wildman–Crippen MR) is 119 cm³/mol. The van der Waals surface area contributed by atoms with Gasteiger partial charge < -0.3 is 14.8 Å². The molecule has 8 nitrogen and oxygen atoms in total. The molecule has 0 spiro atoms. The third-order valence-electron chi connectivity index (χ3n) is 4.41. The molecule has 8 heteroatoms. The Morgan fingerprint density at radius 2 is 1.75 bits per heavy atom. The first-order valence-corrected chi connectivity index (χ1v) is 10.1. The van der Waals surface area contributed by atoms with Gasteiger partial charge in [-0.1, -0.05) is 55.1 Å². The molecular weight excluding hydrogens is 414 g/mol. The van der Waals surface area contributed by atoms with Crippen LogP contribution in [-0.4, -0.2) is 43.4 Å². The number of esters is 1. The molecule has 0 heterocycles. The second-order valence-electron chi connectivity index (χ2n) is 8.12. The van der Waals surface area contributed by atoms with Gasteiger partial charge in [-0.15, -0.1) is 0 Å². The van der Waals surface area contributed by atoms with E-state index in [-0.39, 0.29) is 13.0 Å². The van der Waals surface area contributed by atoms with E-state index in [1.54, 1.807) is 20.8 Å². The fourth-order valence-corrected chi connectivity index (χ4v) is 2.95. The van der Waals surface area contributed by atoms with Crippen molar-refractivity contribution >= 4 is 28.8 Å². The van der Waals surface area contributed by atoms with Crippen LogP contribution in [0.4, 0.5) is 4.79 Å². The van der Waals surface area contributed by atoms with Crippen molar-refractivity contribution in [2.45, 2.75) is 38.8 Å². The zero-order valence-corrected chi connectivity index (χ0v) is 18.8. The minimum absolute atomic E-state index is 0.0698. The lowest BCUT2D eigenvalue weighted by Crippen LogP contribution is -2.51. The van der Waals surface area contributed by atoms with Crippen LogP contribution in [0.25, 0.3) is 10.8 Å². The Balaban J connectivity index is 2.34. The van der Waals surface area contributed by atoms with Gasteiger partial charge in [-0.3, -0.25) is 9.68 Å². The summed E-state index contributed by atoms with van der Waals surface area (Å²) in [6.07, 6.45) is 0.576. The Labute approximate surface area is 187 Å². The van der Waals surface area contributed by atoms with Crippen molar-refractivity contribution in [3.05, 3.63) is 60.7 Å². The smallest absolute Gasteiger partial charge is 0.408 e. The number of fused-ring (bicyclic) bond motifs is 1. The largest absolute Gasteiger partial charge is 0.469 e. The van der Waals surface area contributed by atoms with Gasteiger partial charge in [-0.05, 0) is 43.5 Å². The number of nitrogens with one attached hydrogen (secondary N) is 1. The first-order chi connectivity index (χ1) is 15.1. The van der Waals surface area contributed by atoms with Crippen molar-refractivity contribution in [1.82, 2.24) is 5.32 Å². The lowest BCUT2D eigenvalue weighted by atomic mass is 9.91. The van der Waals surface area contributed by atoms with Crippen LogP contribution in [0.2, 0.25) is 0 Å². The maximum atomic E-state index is 12.8. The molecule has 172 valence electrons. The van der Waals surface area contributed by atoms with Gasteiger partial charge in [0.2, 0.25) is 0 Å². The quantitative estimate of drug-likeness (QED) is 0.273. The molecule has 0 aliphatic rings. The maximum absolute atomic E-state index is 12.8. The number of carbonyl (C=O) groups excluding carboxylic acids is 3. The van der Waals surface area contributed by atoms with Crippen LogP contribution < -0.4 is 5.32 Å². The molecule has 1 N–H and O–H groups in total. The summed E-state index contributed by atoms with van der Waals surface area (Å²) in [6.45, 7) is 8.47. The topological polar surface area (TPSA) is 100 Å². The fraction of sp³-hybridized carbons (Fsp3) is 0.375. The molecule has 0 saturated carbocycles. The highest BCUT2D eigenvalue weighted by atomic mass is 17.2. The summed E-state index contributed by atoms with van der Waals surface area (Å²) >= 11 is 0. The minimum Gasteiger partial charge on any atom is -0.469 e. The number of hydrogen-bond donors (Lipinski definition) is 1. The van der Waals surface area contributed by atoms with Gasteiger partial charge in [0.1, 0.15) is 18.2 Å². The lowest BCUT2D eigenvalue weighted by Gasteiger charge is -2.25. The summed E-state index contributed by atoms with van der Waals surface area (Å²) in [5.41, 5.74) is -0.0160. The Hall–Kier alpha value is -3.39. The Kier molecular flexibility index (Phi) is 8.78. The van der Waals surface area contributed by atoms with Crippen molar-refractivity contribution in [2.75, 3.05) is 13.7 Å². The van der Waals surface area contributed by atoms with Crippen molar-refractivity contribution < 1.29 is 33.6 Å². The maximum Gasteiger partial charge on any atom is 0.408 e. The zero-order valence-electron chi connectivity index (χ0n) is 18.8. The number of alkyl carbamates (subject to hydrolysis) is 1. The van der Waals surface area contributed by atoms with Crippen molar-refractivity contribution in [1.29, 1.82) is 0 Å².